The fourth-order valence-electron chi connectivity index (χ4n) is 2.40. The highest BCUT2D eigenvalue weighted by molar-refractivity contribution is 5.66. The van der Waals surface area contributed by atoms with Crippen molar-refractivity contribution in [1.82, 2.24) is 0 Å². The van der Waals surface area contributed by atoms with E-state index in [1.165, 1.54) is 0 Å². The van der Waals surface area contributed by atoms with Gasteiger partial charge in [0, 0.05) is 11.5 Å². The fourth-order valence-corrected chi connectivity index (χ4v) is 2.40. The summed E-state index contributed by atoms with van der Waals surface area (Å²) >= 11 is 0. The van der Waals surface area contributed by atoms with Crippen LogP contribution in [0.4, 0.5) is 9.59 Å². The molecule has 1 aliphatic heterocycles. The van der Waals surface area contributed by atoms with E-state index >= 15 is 0 Å². The first-order valence-corrected chi connectivity index (χ1v) is 8.55. The molecule has 166 valence electrons. The quantitative estimate of drug-likeness (QED) is 0.114. The van der Waals surface area contributed by atoms with Gasteiger partial charge in [0.2, 0.25) is 0 Å². The number of primary amides is 2. The first-order valence-electron chi connectivity index (χ1n) is 8.55. The van der Waals surface area contributed by atoms with Crippen molar-refractivity contribution >= 4 is 12.2 Å². The number of aliphatic hydroxyl groups is 2. The summed E-state index contributed by atoms with van der Waals surface area (Å²) in [5.41, 5.74) is 18.1. The van der Waals surface area contributed by atoms with Crippen molar-refractivity contribution < 1.29 is 48.2 Å². The van der Waals surface area contributed by atoms with Gasteiger partial charge in [-0.1, -0.05) is 5.11 Å². The molecule has 15 heteroatoms. The molecule has 6 N–H and O–H groups in total. The molecular weight excluding hydrogens is 398 g/mol. The zero-order chi connectivity index (χ0) is 21.6. The number of aliphatic hydroxyl groups excluding tert-OH is 2. The van der Waals surface area contributed by atoms with E-state index in [1.807, 2.05) is 0 Å². The molecule has 0 unspecified atom stereocenters. The summed E-state index contributed by atoms with van der Waals surface area (Å²) in [5, 5.41) is 22.8. The Bertz CT molecular complexity index is 561. The molecule has 0 bridgehead atoms. The predicted molar refractivity (Wildman–Crippen MR) is 92.3 cm³/mol. The monoisotopic (exact) mass is 423 g/mol. The Morgan fingerprint density at radius 1 is 1.03 bits per heavy atom. The van der Waals surface area contributed by atoms with Crippen molar-refractivity contribution in [2.75, 3.05) is 46.2 Å². The minimum atomic E-state index is -1.55. The lowest BCUT2D eigenvalue weighted by Crippen LogP contribution is -2.62. The van der Waals surface area contributed by atoms with Crippen molar-refractivity contribution in [2.24, 2.45) is 16.6 Å². The summed E-state index contributed by atoms with van der Waals surface area (Å²) in [7, 11) is 0. The SMILES string of the molecule is [N-]=[N+]=NCCOCCOCCO[C@H]1O[C@H](CO)[C@@H](O)[C@H](OC(N)=O)[C@@H]1OC(N)=O. The topological polar surface area (TPSA) is 231 Å². The summed E-state index contributed by atoms with van der Waals surface area (Å²) < 4.78 is 30.8. The van der Waals surface area contributed by atoms with Gasteiger partial charge in [0.15, 0.2) is 18.5 Å². The van der Waals surface area contributed by atoms with Gasteiger partial charge in [-0.3, -0.25) is 0 Å². The van der Waals surface area contributed by atoms with Crippen LogP contribution >= 0.6 is 0 Å². The third-order valence-electron chi connectivity index (χ3n) is 3.58. The summed E-state index contributed by atoms with van der Waals surface area (Å²) in [6.07, 6.45) is -9.43. The first kappa shape index (κ1) is 24.6. The predicted octanol–water partition coefficient (Wildman–Crippen LogP) is -1.65. The van der Waals surface area contributed by atoms with Gasteiger partial charge < -0.3 is 50.1 Å². The molecule has 0 saturated carbocycles. The van der Waals surface area contributed by atoms with Crippen LogP contribution in [-0.2, 0) is 28.4 Å². The maximum Gasteiger partial charge on any atom is 0.405 e. The second-order valence-electron chi connectivity index (χ2n) is 5.57. The normalized spacial score (nSPS) is 26.3. The summed E-state index contributed by atoms with van der Waals surface area (Å²) in [6, 6.07) is 0. The standard InChI is InChI=1S/C14H25N5O10/c15-13(22)28-10-9(21)8(7-20)27-12(11(10)29-14(16)23)26-6-5-25-4-3-24-2-1-18-19-17/h8-12,20-21H,1-7H2,(H2,15,22)(H2,16,23)/t8-,9-,10+,11+,12+/m1/s1. The lowest BCUT2D eigenvalue weighted by molar-refractivity contribution is -0.300. The van der Waals surface area contributed by atoms with E-state index in [2.05, 4.69) is 10.0 Å². The largest absolute Gasteiger partial charge is 0.439 e. The van der Waals surface area contributed by atoms with Crippen LogP contribution in [0.15, 0.2) is 5.11 Å². The highest BCUT2D eigenvalue weighted by Crippen LogP contribution is 2.26. The number of carbonyl (C=O) groups is 2. The second-order valence-corrected chi connectivity index (χ2v) is 5.57. The van der Waals surface area contributed by atoms with Crippen LogP contribution in [0.25, 0.3) is 10.4 Å². The zero-order valence-corrected chi connectivity index (χ0v) is 15.5. The summed E-state index contributed by atoms with van der Waals surface area (Å²) in [5.74, 6) is 0. The zero-order valence-electron chi connectivity index (χ0n) is 15.5. The van der Waals surface area contributed by atoms with E-state index in [9.17, 15) is 19.8 Å². The number of nitrogens with two attached hydrogens (primary N) is 2. The van der Waals surface area contributed by atoms with Crippen molar-refractivity contribution in [1.29, 1.82) is 0 Å². The number of ether oxygens (including phenoxy) is 6. The maximum absolute atomic E-state index is 11.2. The molecule has 0 aromatic heterocycles. The third kappa shape index (κ3) is 9.10. The molecule has 1 heterocycles. The van der Waals surface area contributed by atoms with Crippen LogP contribution in [-0.4, -0.2) is 99.3 Å². The van der Waals surface area contributed by atoms with E-state index in [0.29, 0.717) is 0 Å². The molecule has 1 aliphatic rings. The van der Waals surface area contributed by atoms with Crippen molar-refractivity contribution in [3.05, 3.63) is 10.4 Å². The number of carbonyl (C=O) groups excluding carboxylic acids is 2. The average molecular weight is 423 g/mol. The number of amides is 2. The maximum atomic E-state index is 11.2. The van der Waals surface area contributed by atoms with Crippen LogP contribution in [0.5, 0.6) is 0 Å². The molecular formula is C14H25N5O10. The fraction of sp³-hybridized carbons (Fsp3) is 0.857. The molecule has 0 aromatic rings. The Labute approximate surface area is 165 Å². The Morgan fingerprint density at radius 2 is 1.62 bits per heavy atom. The Balaban J connectivity index is 2.51. The molecule has 1 rings (SSSR count). The molecule has 0 aliphatic carbocycles. The number of hydrogen-bond acceptors (Lipinski definition) is 11. The van der Waals surface area contributed by atoms with Crippen LogP contribution in [0, 0.1) is 0 Å². The molecule has 0 spiro atoms. The van der Waals surface area contributed by atoms with Gasteiger partial charge >= 0.3 is 12.2 Å². The molecule has 2 amide bonds. The Kier molecular flexibility index (Phi) is 11.7. The molecule has 0 aromatic carbocycles. The van der Waals surface area contributed by atoms with Crippen LogP contribution in [0.1, 0.15) is 0 Å². The minimum Gasteiger partial charge on any atom is -0.439 e. The summed E-state index contributed by atoms with van der Waals surface area (Å²) in [6.45, 7) is 0.395. The van der Waals surface area contributed by atoms with Gasteiger partial charge in [0.25, 0.3) is 0 Å². The lowest BCUT2D eigenvalue weighted by Gasteiger charge is -2.42. The first-order chi connectivity index (χ1) is 13.9. The van der Waals surface area contributed by atoms with Crippen molar-refractivity contribution in [3.63, 3.8) is 0 Å². The van der Waals surface area contributed by atoms with Crippen molar-refractivity contribution in [2.45, 2.75) is 30.7 Å². The number of hydrogen-bond donors (Lipinski definition) is 4. The molecule has 15 nitrogen and oxygen atoms in total. The van der Waals surface area contributed by atoms with Crippen LogP contribution in [0.2, 0.25) is 0 Å². The number of nitrogens with zero attached hydrogens (tertiary/aromatic N) is 3. The highest BCUT2D eigenvalue weighted by atomic mass is 16.7. The van der Waals surface area contributed by atoms with Crippen LogP contribution < -0.4 is 11.5 Å². The molecule has 1 saturated heterocycles. The third-order valence-corrected chi connectivity index (χ3v) is 3.58. The van der Waals surface area contributed by atoms with Gasteiger partial charge in [0.05, 0.1) is 39.6 Å². The van der Waals surface area contributed by atoms with Crippen molar-refractivity contribution in [3.8, 4) is 0 Å². The van der Waals surface area contributed by atoms with Gasteiger partial charge in [-0.15, -0.1) is 0 Å². The van der Waals surface area contributed by atoms with E-state index in [1.54, 1.807) is 0 Å². The van der Waals surface area contributed by atoms with E-state index in [4.69, 9.17) is 45.4 Å². The van der Waals surface area contributed by atoms with E-state index in [0.717, 1.165) is 0 Å². The summed E-state index contributed by atoms with van der Waals surface area (Å²) in [4.78, 5) is 24.9. The smallest absolute Gasteiger partial charge is 0.405 e. The highest BCUT2D eigenvalue weighted by Gasteiger charge is 2.50. The van der Waals surface area contributed by atoms with E-state index in [-0.39, 0.29) is 39.6 Å². The molecule has 29 heavy (non-hydrogen) atoms. The van der Waals surface area contributed by atoms with Gasteiger partial charge in [-0.05, 0) is 5.53 Å². The van der Waals surface area contributed by atoms with Gasteiger partial charge in [-0.2, -0.15) is 0 Å². The molecule has 1 fully saturated rings. The second kappa shape index (κ2) is 13.7. The Hall–Kier alpha value is -2.39. The Morgan fingerprint density at radius 3 is 2.21 bits per heavy atom. The number of rotatable bonds is 13. The lowest BCUT2D eigenvalue weighted by atomic mass is 9.99. The number of azide groups is 1. The molecule has 0 radical (unpaired) electrons. The molecule has 5 atom stereocenters. The average Bonchev–Trinajstić information content (AvgIpc) is 2.67. The minimum absolute atomic E-state index is 0.0421. The van der Waals surface area contributed by atoms with Gasteiger partial charge in [-0.25, -0.2) is 9.59 Å². The van der Waals surface area contributed by atoms with Gasteiger partial charge in [0.1, 0.15) is 12.2 Å². The van der Waals surface area contributed by atoms with E-state index < -0.39 is 49.5 Å². The van der Waals surface area contributed by atoms with Crippen LogP contribution in [0.3, 0.4) is 0 Å².